The fourth-order valence-electron chi connectivity index (χ4n) is 1.25. The Labute approximate surface area is 112 Å². The zero-order valence-corrected chi connectivity index (χ0v) is 11.8. The van der Waals surface area contributed by atoms with Gasteiger partial charge in [0.1, 0.15) is 4.34 Å². The van der Waals surface area contributed by atoms with Crippen molar-refractivity contribution in [2.24, 2.45) is 0 Å². The van der Waals surface area contributed by atoms with Gasteiger partial charge in [0.15, 0.2) is 5.13 Å². The summed E-state index contributed by atoms with van der Waals surface area (Å²) >= 11 is 4.59. The van der Waals surface area contributed by atoms with Gasteiger partial charge in [-0.2, -0.15) is 0 Å². The largest absolute Gasteiger partial charge is 0.302 e. The van der Waals surface area contributed by atoms with Gasteiger partial charge < -0.3 is 5.32 Å². The van der Waals surface area contributed by atoms with E-state index in [0.29, 0.717) is 11.6 Å². The third-order valence-electron chi connectivity index (χ3n) is 2.05. The third-order valence-corrected chi connectivity index (χ3v) is 4.88. The Hall–Kier alpha value is -0.920. The molecule has 0 saturated carbocycles. The number of amides is 1. The summed E-state index contributed by atoms with van der Waals surface area (Å²) in [5.41, 5.74) is 0.939. The number of carbonyl (C=O) groups is 1. The third kappa shape index (κ3) is 3.27. The van der Waals surface area contributed by atoms with Crippen molar-refractivity contribution in [2.75, 3.05) is 11.6 Å². The summed E-state index contributed by atoms with van der Waals surface area (Å²) in [7, 11) is 0. The molecule has 17 heavy (non-hydrogen) atoms. The van der Waals surface area contributed by atoms with Gasteiger partial charge in [0.25, 0.3) is 0 Å². The van der Waals surface area contributed by atoms with Gasteiger partial charge in [0.05, 0.1) is 12.1 Å². The molecule has 1 amide bonds. The van der Waals surface area contributed by atoms with Crippen LogP contribution in [0.3, 0.4) is 0 Å². The second-order valence-electron chi connectivity index (χ2n) is 3.25. The first kappa shape index (κ1) is 12.5. The molecule has 0 saturated heterocycles. The van der Waals surface area contributed by atoms with Crippen molar-refractivity contribution in [1.29, 1.82) is 0 Å². The smallest absolute Gasteiger partial charge is 0.231 e. The van der Waals surface area contributed by atoms with E-state index in [0.717, 1.165) is 14.9 Å². The highest BCUT2D eigenvalue weighted by molar-refractivity contribution is 8.00. The number of carbonyl (C=O) groups excluding carboxylic acids is 1. The van der Waals surface area contributed by atoms with Crippen LogP contribution < -0.4 is 5.32 Å². The zero-order valence-electron chi connectivity index (χ0n) is 9.39. The minimum atomic E-state index is -0.0423. The van der Waals surface area contributed by atoms with E-state index in [1.165, 1.54) is 11.3 Å². The molecule has 0 bridgehead atoms. The van der Waals surface area contributed by atoms with Crippen molar-refractivity contribution in [2.45, 2.75) is 17.7 Å². The minimum Gasteiger partial charge on any atom is -0.302 e. The highest BCUT2D eigenvalue weighted by Gasteiger charge is 2.12. The number of hydrogen-bond acceptors (Lipinski definition) is 6. The second-order valence-corrected chi connectivity index (χ2v) is 6.29. The molecule has 0 radical (unpaired) electrons. The average molecular weight is 285 g/mol. The monoisotopic (exact) mass is 285 g/mol. The van der Waals surface area contributed by atoms with E-state index in [2.05, 4.69) is 15.3 Å². The predicted octanol–water partition coefficient (Wildman–Crippen LogP) is 2.81. The summed E-state index contributed by atoms with van der Waals surface area (Å²) in [5.74, 6) is -0.0423. The van der Waals surface area contributed by atoms with E-state index in [1.54, 1.807) is 29.3 Å². The molecule has 2 heterocycles. The van der Waals surface area contributed by atoms with Crippen molar-refractivity contribution in [3.05, 3.63) is 22.1 Å². The van der Waals surface area contributed by atoms with Crippen LogP contribution >= 0.6 is 34.4 Å². The normalized spacial score (nSPS) is 10.5. The molecule has 1 N–H and O–H groups in total. The number of aromatic nitrogens is 2. The highest BCUT2D eigenvalue weighted by atomic mass is 32.2. The standard InChI is InChI=1S/C10H11N3OS3/c1-6-7(17-10(12-6)15-2)5-8(14)13-9-11-3-4-16-9/h3-4H,5H2,1-2H3,(H,11,13,14). The number of nitrogens with one attached hydrogen (secondary N) is 1. The molecular formula is C10H11N3OS3. The van der Waals surface area contributed by atoms with Gasteiger partial charge in [0, 0.05) is 16.5 Å². The molecule has 7 heteroatoms. The lowest BCUT2D eigenvalue weighted by Gasteiger charge is -1.99. The molecule has 2 aromatic rings. The van der Waals surface area contributed by atoms with Crippen molar-refractivity contribution >= 4 is 45.5 Å². The molecular weight excluding hydrogens is 274 g/mol. The maximum absolute atomic E-state index is 11.8. The molecule has 0 aliphatic heterocycles. The summed E-state index contributed by atoms with van der Waals surface area (Å²) in [5, 5.41) is 5.24. The van der Waals surface area contributed by atoms with Crippen LogP contribution in [0.1, 0.15) is 10.6 Å². The summed E-state index contributed by atoms with van der Waals surface area (Å²) in [6.45, 7) is 1.93. The van der Waals surface area contributed by atoms with Crippen LogP contribution in [-0.2, 0) is 11.2 Å². The molecule has 0 atom stereocenters. The van der Waals surface area contributed by atoms with Gasteiger partial charge in [-0.25, -0.2) is 9.97 Å². The Morgan fingerprint density at radius 1 is 1.59 bits per heavy atom. The van der Waals surface area contributed by atoms with Gasteiger partial charge in [0.2, 0.25) is 5.91 Å². The van der Waals surface area contributed by atoms with Crippen LogP contribution in [0.5, 0.6) is 0 Å². The van der Waals surface area contributed by atoms with E-state index in [1.807, 2.05) is 18.6 Å². The Bertz CT molecular complexity index is 507. The Kier molecular flexibility index (Phi) is 4.14. The summed E-state index contributed by atoms with van der Waals surface area (Å²) in [6.07, 6.45) is 4.02. The molecule has 0 aliphatic carbocycles. The van der Waals surface area contributed by atoms with Gasteiger partial charge in [-0.3, -0.25) is 4.79 Å². The first-order valence-corrected chi connectivity index (χ1v) is 7.80. The molecule has 90 valence electrons. The van der Waals surface area contributed by atoms with Crippen LogP contribution in [0.4, 0.5) is 5.13 Å². The Morgan fingerprint density at radius 3 is 3.00 bits per heavy atom. The van der Waals surface area contributed by atoms with Crippen molar-refractivity contribution in [3.8, 4) is 0 Å². The van der Waals surface area contributed by atoms with E-state index in [-0.39, 0.29) is 5.91 Å². The van der Waals surface area contributed by atoms with Crippen LogP contribution in [0.15, 0.2) is 15.9 Å². The van der Waals surface area contributed by atoms with Crippen LogP contribution in [0.2, 0.25) is 0 Å². The maximum atomic E-state index is 11.8. The van der Waals surface area contributed by atoms with Gasteiger partial charge in [-0.15, -0.1) is 22.7 Å². The first-order chi connectivity index (χ1) is 8.19. The number of anilines is 1. The molecule has 0 unspecified atom stereocenters. The number of rotatable bonds is 4. The number of hydrogen-bond donors (Lipinski definition) is 1. The van der Waals surface area contributed by atoms with Crippen molar-refractivity contribution < 1.29 is 4.79 Å². The average Bonchev–Trinajstić information content (AvgIpc) is 2.89. The molecule has 0 aliphatic rings. The zero-order chi connectivity index (χ0) is 12.3. The topological polar surface area (TPSA) is 54.9 Å². The number of thioether (sulfide) groups is 1. The predicted molar refractivity (Wildman–Crippen MR) is 73.1 cm³/mol. The lowest BCUT2D eigenvalue weighted by Crippen LogP contribution is -2.13. The van der Waals surface area contributed by atoms with Crippen LogP contribution in [-0.4, -0.2) is 22.1 Å². The molecule has 2 aromatic heterocycles. The van der Waals surface area contributed by atoms with E-state index < -0.39 is 0 Å². The fraction of sp³-hybridized carbons (Fsp3) is 0.300. The number of aryl methyl sites for hydroxylation is 1. The molecule has 0 spiro atoms. The molecule has 4 nitrogen and oxygen atoms in total. The fourth-order valence-corrected chi connectivity index (χ4v) is 3.45. The highest BCUT2D eigenvalue weighted by Crippen LogP contribution is 2.25. The van der Waals surface area contributed by atoms with Gasteiger partial charge in [-0.05, 0) is 13.2 Å². The van der Waals surface area contributed by atoms with Crippen LogP contribution in [0, 0.1) is 6.92 Å². The molecule has 0 fully saturated rings. The first-order valence-electron chi connectivity index (χ1n) is 4.88. The summed E-state index contributed by atoms with van der Waals surface area (Å²) in [4.78, 5) is 21.2. The van der Waals surface area contributed by atoms with E-state index >= 15 is 0 Å². The van der Waals surface area contributed by atoms with E-state index in [9.17, 15) is 4.79 Å². The lowest BCUT2D eigenvalue weighted by molar-refractivity contribution is -0.115. The minimum absolute atomic E-state index is 0.0423. The Balaban J connectivity index is 2.00. The van der Waals surface area contributed by atoms with E-state index in [4.69, 9.17) is 0 Å². The van der Waals surface area contributed by atoms with Crippen molar-refractivity contribution in [1.82, 2.24) is 9.97 Å². The SMILES string of the molecule is CSc1nc(C)c(CC(=O)Nc2nccs2)s1. The Morgan fingerprint density at radius 2 is 2.41 bits per heavy atom. The van der Waals surface area contributed by atoms with Gasteiger partial charge in [-0.1, -0.05) is 11.8 Å². The maximum Gasteiger partial charge on any atom is 0.231 e. The summed E-state index contributed by atoms with van der Waals surface area (Å²) < 4.78 is 1.000. The number of thiazole rings is 2. The number of nitrogens with zero attached hydrogens (tertiary/aromatic N) is 2. The second kappa shape index (κ2) is 5.61. The van der Waals surface area contributed by atoms with Crippen LogP contribution in [0.25, 0.3) is 0 Å². The van der Waals surface area contributed by atoms with Gasteiger partial charge >= 0.3 is 0 Å². The van der Waals surface area contributed by atoms with Crippen molar-refractivity contribution in [3.63, 3.8) is 0 Å². The summed E-state index contributed by atoms with van der Waals surface area (Å²) in [6, 6.07) is 0. The molecule has 2 rings (SSSR count). The lowest BCUT2D eigenvalue weighted by atomic mass is 10.3. The molecule has 0 aromatic carbocycles. The quantitative estimate of drug-likeness (QED) is 0.878.